The van der Waals surface area contributed by atoms with Crippen molar-refractivity contribution in [2.24, 2.45) is 5.73 Å². The summed E-state index contributed by atoms with van der Waals surface area (Å²) in [6.07, 6.45) is -0.171. The van der Waals surface area contributed by atoms with E-state index in [-0.39, 0.29) is 12.2 Å². The van der Waals surface area contributed by atoms with Gasteiger partial charge in [-0.3, -0.25) is 4.79 Å². The molecule has 4 heteroatoms. The van der Waals surface area contributed by atoms with Gasteiger partial charge in [-0.25, -0.2) is 0 Å². The summed E-state index contributed by atoms with van der Waals surface area (Å²) < 4.78 is 0. The lowest BCUT2D eigenvalue weighted by Gasteiger charge is -2.12. The fraction of sp³-hybridized carbons (Fsp3) is 0.600. The fourth-order valence-corrected chi connectivity index (χ4v) is 0.345. The second-order valence-electron chi connectivity index (χ2n) is 1.83. The minimum atomic E-state index is -0.970. The zero-order valence-electron chi connectivity index (χ0n) is 5.18. The summed E-state index contributed by atoms with van der Waals surface area (Å²) in [6.45, 7) is 1.26. The van der Waals surface area contributed by atoms with E-state index >= 15 is 0 Å². The molecule has 1 amide bonds. The first kappa shape index (κ1) is 8.10. The van der Waals surface area contributed by atoms with E-state index in [9.17, 15) is 9.59 Å². The number of hydrogen-bond acceptors (Lipinski definition) is 2. The predicted octanol–water partition coefficient (Wildman–Crippen LogP) is -0.128. The number of carbonyl (C=O) groups is 2. The van der Waals surface area contributed by atoms with Gasteiger partial charge in [0.25, 0.3) is 0 Å². The van der Waals surface area contributed by atoms with Crippen LogP contribution in [0.25, 0.3) is 5.73 Å². The minimum absolute atomic E-state index is 0.171. The Morgan fingerprint density at radius 3 is 2.22 bits per heavy atom. The van der Waals surface area contributed by atoms with Gasteiger partial charge >= 0.3 is 0 Å². The Morgan fingerprint density at radius 2 is 2.11 bits per heavy atom. The standard InChI is InChI=1S/C5H9N2O2/c1-3(8)4(6)2-5(7)9/h4,6H,2H2,1H3,(H2,7,9)/q-1. The molecule has 0 aromatic carbocycles. The highest BCUT2D eigenvalue weighted by Crippen LogP contribution is 1.95. The van der Waals surface area contributed by atoms with Gasteiger partial charge in [-0.15, -0.1) is 0 Å². The fourth-order valence-electron chi connectivity index (χ4n) is 0.345. The van der Waals surface area contributed by atoms with Crippen LogP contribution in [0.3, 0.4) is 0 Å². The van der Waals surface area contributed by atoms with Gasteiger partial charge in [-0.05, 0) is 6.92 Å². The number of nitrogens with one attached hydrogen (secondary N) is 1. The van der Waals surface area contributed by atoms with E-state index in [0.29, 0.717) is 0 Å². The van der Waals surface area contributed by atoms with Gasteiger partial charge < -0.3 is 16.3 Å². The average Bonchev–Trinajstić information content (AvgIpc) is 1.63. The molecule has 0 aliphatic carbocycles. The molecule has 0 bridgehead atoms. The number of rotatable bonds is 3. The Bertz CT molecular complexity index is 133. The van der Waals surface area contributed by atoms with E-state index in [1.54, 1.807) is 0 Å². The monoisotopic (exact) mass is 129 g/mol. The van der Waals surface area contributed by atoms with Crippen LogP contribution in [0.15, 0.2) is 0 Å². The molecule has 1 atom stereocenters. The van der Waals surface area contributed by atoms with Crippen molar-refractivity contribution in [3.63, 3.8) is 0 Å². The van der Waals surface area contributed by atoms with Crippen molar-refractivity contribution in [3.05, 3.63) is 5.73 Å². The molecule has 0 fully saturated rings. The molecule has 0 saturated heterocycles. The smallest absolute Gasteiger partial charge is 0.216 e. The zero-order chi connectivity index (χ0) is 7.44. The van der Waals surface area contributed by atoms with Crippen molar-refractivity contribution < 1.29 is 9.59 Å². The molecule has 0 radical (unpaired) electrons. The van der Waals surface area contributed by atoms with Crippen LogP contribution in [0.1, 0.15) is 13.3 Å². The van der Waals surface area contributed by atoms with Crippen LogP contribution < -0.4 is 5.73 Å². The molecule has 0 aliphatic heterocycles. The molecular formula is C5H9N2O2-. The molecule has 0 saturated carbocycles. The third-order valence-corrected chi connectivity index (χ3v) is 0.896. The molecule has 0 spiro atoms. The molecule has 1 unspecified atom stereocenters. The maximum absolute atomic E-state index is 10.3. The third kappa shape index (κ3) is 3.66. The van der Waals surface area contributed by atoms with Crippen LogP contribution in [0.2, 0.25) is 0 Å². The van der Waals surface area contributed by atoms with Gasteiger partial charge in [-0.1, -0.05) is 6.04 Å². The van der Waals surface area contributed by atoms with Crippen LogP contribution in [0.4, 0.5) is 0 Å². The molecule has 52 valence electrons. The minimum Gasteiger partial charge on any atom is -0.668 e. The second-order valence-corrected chi connectivity index (χ2v) is 1.83. The maximum atomic E-state index is 10.3. The van der Waals surface area contributed by atoms with Crippen LogP contribution in [0.5, 0.6) is 0 Å². The molecule has 4 nitrogen and oxygen atoms in total. The summed E-state index contributed by atoms with van der Waals surface area (Å²) in [4.78, 5) is 20.3. The van der Waals surface area contributed by atoms with Crippen molar-refractivity contribution in [2.45, 2.75) is 19.4 Å². The highest BCUT2D eigenvalue weighted by molar-refractivity contribution is 5.88. The molecule has 9 heavy (non-hydrogen) atoms. The Hall–Kier alpha value is -0.900. The summed E-state index contributed by atoms with van der Waals surface area (Å²) in [6, 6.07) is -0.970. The lowest BCUT2D eigenvalue weighted by molar-refractivity contribution is -0.123. The van der Waals surface area contributed by atoms with Crippen molar-refractivity contribution in [3.8, 4) is 0 Å². The maximum Gasteiger partial charge on any atom is 0.216 e. The Kier molecular flexibility index (Phi) is 2.87. The first-order valence-corrected chi connectivity index (χ1v) is 2.54. The van der Waals surface area contributed by atoms with E-state index in [0.717, 1.165) is 0 Å². The highest BCUT2D eigenvalue weighted by Gasteiger charge is 2.02. The molecule has 0 aromatic heterocycles. The molecule has 0 heterocycles. The quantitative estimate of drug-likeness (QED) is 0.575. The highest BCUT2D eigenvalue weighted by atomic mass is 16.1. The molecule has 0 rings (SSSR count). The molecule has 0 aliphatic rings. The van der Waals surface area contributed by atoms with Crippen LogP contribution >= 0.6 is 0 Å². The number of ketones is 1. The summed E-state index contributed by atoms with van der Waals surface area (Å²) in [5.74, 6) is -0.931. The van der Waals surface area contributed by atoms with Gasteiger partial charge in [0.05, 0.1) is 0 Å². The number of amides is 1. The summed E-state index contributed by atoms with van der Waals surface area (Å²) in [5.41, 5.74) is 11.6. The van der Waals surface area contributed by atoms with E-state index in [1.807, 2.05) is 0 Å². The number of primary amides is 1. The van der Waals surface area contributed by atoms with Crippen molar-refractivity contribution in [1.82, 2.24) is 0 Å². The van der Waals surface area contributed by atoms with E-state index in [4.69, 9.17) is 11.5 Å². The topological polar surface area (TPSA) is 84.0 Å². The molecule has 3 N–H and O–H groups in total. The third-order valence-electron chi connectivity index (χ3n) is 0.896. The van der Waals surface area contributed by atoms with Gasteiger partial charge in [0.1, 0.15) is 5.78 Å². The summed E-state index contributed by atoms with van der Waals surface area (Å²) in [5, 5.41) is 0. The van der Waals surface area contributed by atoms with Gasteiger partial charge in [-0.2, -0.15) is 0 Å². The van der Waals surface area contributed by atoms with E-state index < -0.39 is 11.9 Å². The number of Topliss-reactive ketones (excluding diaryl/α,β-unsaturated/α-hetero) is 1. The second kappa shape index (κ2) is 3.19. The first-order chi connectivity index (χ1) is 4.04. The van der Waals surface area contributed by atoms with Gasteiger partial charge in [0, 0.05) is 6.42 Å². The average molecular weight is 129 g/mol. The number of nitrogens with two attached hydrogens (primary N) is 1. The largest absolute Gasteiger partial charge is 0.668 e. The molecule has 0 aromatic rings. The lowest BCUT2D eigenvalue weighted by atomic mass is 10.1. The molecular weight excluding hydrogens is 120 g/mol. The van der Waals surface area contributed by atoms with Crippen LogP contribution in [0, 0.1) is 0 Å². The lowest BCUT2D eigenvalue weighted by Crippen LogP contribution is -2.22. The van der Waals surface area contributed by atoms with Crippen molar-refractivity contribution >= 4 is 11.7 Å². The van der Waals surface area contributed by atoms with Crippen molar-refractivity contribution in [1.29, 1.82) is 0 Å². The Labute approximate surface area is 53.2 Å². The number of carbonyl (C=O) groups excluding carboxylic acids is 2. The Morgan fingerprint density at radius 1 is 1.67 bits per heavy atom. The first-order valence-electron chi connectivity index (χ1n) is 2.54. The van der Waals surface area contributed by atoms with E-state index in [2.05, 4.69) is 0 Å². The van der Waals surface area contributed by atoms with Crippen LogP contribution in [-0.2, 0) is 9.59 Å². The zero-order valence-corrected chi connectivity index (χ0v) is 5.18. The Balaban J connectivity index is 3.63. The summed E-state index contributed by atoms with van der Waals surface area (Å²) in [7, 11) is 0. The van der Waals surface area contributed by atoms with E-state index in [1.165, 1.54) is 6.92 Å². The number of hydrogen-bond donors (Lipinski definition) is 1. The van der Waals surface area contributed by atoms with Gasteiger partial charge in [0.15, 0.2) is 0 Å². The SMILES string of the molecule is CC(=O)C([NH-])CC(N)=O. The van der Waals surface area contributed by atoms with Crippen molar-refractivity contribution in [2.75, 3.05) is 0 Å². The van der Waals surface area contributed by atoms with Gasteiger partial charge in [0.2, 0.25) is 5.91 Å². The predicted molar refractivity (Wildman–Crippen MR) is 32.6 cm³/mol. The van der Waals surface area contributed by atoms with Crippen LogP contribution in [-0.4, -0.2) is 17.7 Å². The summed E-state index contributed by atoms with van der Waals surface area (Å²) >= 11 is 0. The normalized spacial score (nSPS) is 12.7.